The van der Waals surface area contributed by atoms with Gasteiger partial charge in [0.05, 0.1) is 0 Å². The minimum absolute atomic E-state index is 0.142. The number of hydrogen-bond acceptors (Lipinski definition) is 2. The second-order valence-corrected chi connectivity index (χ2v) is 3.50. The maximum Gasteiger partial charge on any atom is 0.389 e. The van der Waals surface area contributed by atoms with Crippen LogP contribution in [0.2, 0.25) is 0 Å². The van der Waals surface area contributed by atoms with Crippen molar-refractivity contribution in [3.05, 3.63) is 0 Å². The molecule has 0 aromatic carbocycles. The van der Waals surface area contributed by atoms with Crippen LogP contribution >= 0.6 is 0 Å². The van der Waals surface area contributed by atoms with Crippen molar-refractivity contribution in [2.75, 3.05) is 13.1 Å². The van der Waals surface area contributed by atoms with Crippen LogP contribution in [0.15, 0.2) is 0 Å². The van der Waals surface area contributed by atoms with E-state index in [9.17, 15) is 13.2 Å². The molecule has 1 unspecified atom stereocenters. The van der Waals surface area contributed by atoms with Gasteiger partial charge in [-0.3, -0.25) is 0 Å². The zero-order valence-electron chi connectivity index (χ0n) is 8.53. The fraction of sp³-hybridized carbons (Fsp3) is 1.00. The van der Waals surface area contributed by atoms with E-state index in [1.54, 1.807) is 0 Å². The predicted molar refractivity (Wildman–Crippen MR) is 51.0 cm³/mol. The molecular weight excluding hydrogens is 193 g/mol. The highest BCUT2D eigenvalue weighted by molar-refractivity contribution is 4.62. The van der Waals surface area contributed by atoms with Gasteiger partial charge in [0.15, 0.2) is 0 Å². The third-order valence-corrected chi connectivity index (χ3v) is 1.97. The molecule has 0 radical (unpaired) electrons. The van der Waals surface area contributed by atoms with E-state index in [2.05, 4.69) is 5.32 Å². The lowest BCUT2D eigenvalue weighted by atomic mass is 10.1. The van der Waals surface area contributed by atoms with Crippen LogP contribution in [0.1, 0.15) is 32.6 Å². The SMILES string of the molecule is CC(CCCC(F)(F)F)NCCCN. The number of hydrogen-bond donors (Lipinski definition) is 2. The Balaban J connectivity index is 3.31. The van der Waals surface area contributed by atoms with Crippen molar-refractivity contribution in [3.8, 4) is 0 Å². The topological polar surface area (TPSA) is 38.0 Å². The smallest absolute Gasteiger partial charge is 0.330 e. The molecule has 0 aliphatic heterocycles. The molecule has 0 aromatic rings. The highest BCUT2D eigenvalue weighted by atomic mass is 19.4. The molecule has 0 spiro atoms. The maximum absolute atomic E-state index is 11.8. The van der Waals surface area contributed by atoms with Crippen molar-refractivity contribution in [3.63, 3.8) is 0 Å². The normalized spacial score (nSPS) is 14.4. The summed E-state index contributed by atoms with van der Waals surface area (Å²) in [5, 5.41) is 3.12. The number of halogens is 3. The van der Waals surface area contributed by atoms with Gasteiger partial charge in [0.2, 0.25) is 0 Å². The van der Waals surface area contributed by atoms with Gasteiger partial charge in [0.25, 0.3) is 0 Å². The first kappa shape index (κ1) is 13.7. The quantitative estimate of drug-likeness (QED) is 0.634. The van der Waals surface area contributed by atoms with Crippen LogP contribution in [0.3, 0.4) is 0 Å². The van der Waals surface area contributed by atoms with Gasteiger partial charge >= 0.3 is 6.18 Å². The van der Waals surface area contributed by atoms with E-state index < -0.39 is 12.6 Å². The molecule has 2 nitrogen and oxygen atoms in total. The zero-order valence-corrected chi connectivity index (χ0v) is 8.53. The lowest BCUT2D eigenvalue weighted by Gasteiger charge is -2.13. The van der Waals surface area contributed by atoms with Crippen LogP contribution in [0.25, 0.3) is 0 Å². The van der Waals surface area contributed by atoms with Crippen LogP contribution in [-0.4, -0.2) is 25.3 Å². The molecule has 0 aromatic heterocycles. The Hall–Kier alpha value is -0.290. The van der Waals surface area contributed by atoms with Crippen LogP contribution < -0.4 is 11.1 Å². The van der Waals surface area contributed by atoms with Crippen molar-refractivity contribution < 1.29 is 13.2 Å². The first-order valence-corrected chi connectivity index (χ1v) is 4.96. The van der Waals surface area contributed by atoms with E-state index in [1.807, 2.05) is 6.92 Å². The number of alkyl halides is 3. The summed E-state index contributed by atoms with van der Waals surface area (Å²) in [4.78, 5) is 0. The van der Waals surface area contributed by atoms with Crippen LogP contribution in [-0.2, 0) is 0 Å². The Bertz CT molecular complexity index is 137. The summed E-state index contributed by atoms with van der Waals surface area (Å²) >= 11 is 0. The van der Waals surface area contributed by atoms with Crippen molar-refractivity contribution >= 4 is 0 Å². The van der Waals surface area contributed by atoms with Gasteiger partial charge < -0.3 is 11.1 Å². The van der Waals surface area contributed by atoms with E-state index in [4.69, 9.17) is 5.73 Å². The fourth-order valence-electron chi connectivity index (χ4n) is 1.16. The van der Waals surface area contributed by atoms with Crippen LogP contribution in [0.4, 0.5) is 13.2 Å². The second kappa shape index (κ2) is 7.06. The second-order valence-electron chi connectivity index (χ2n) is 3.50. The fourth-order valence-corrected chi connectivity index (χ4v) is 1.16. The monoisotopic (exact) mass is 212 g/mol. The van der Waals surface area contributed by atoms with Crippen molar-refractivity contribution in [1.82, 2.24) is 5.32 Å². The largest absolute Gasteiger partial charge is 0.389 e. The Labute approximate surface area is 83.0 Å². The van der Waals surface area contributed by atoms with E-state index >= 15 is 0 Å². The Kier molecular flexibility index (Phi) is 6.92. The summed E-state index contributed by atoms with van der Waals surface area (Å²) in [6, 6.07) is 0.142. The Morgan fingerprint density at radius 1 is 1.29 bits per heavy atom. The van der Waals surface area contributed by atoms with E-state index in [-0.39, 0.29) is 12.5 Å². The summed E-state index contributed by atoms with van der Waals surface area (Å²) in [5.74, 6) is 0. The molecule has 0 amide bonds. The van der Waals surface area contributed by atoms with Gasteiger partial charge in [0.1, 0.15) is 0 Å². The number of rotatable bonds is 7. The zero-order chi connectivity index (χ0) is 11.0. The average molecular weight is 212 g/mol. The highest BCUT2D eigenvalue weighted by Crippen LogP contribution is 2.22. The minimum Gasteiger partial charge on any atom is -0.330 e. The molecule has 14 heavy (non-hydrogen) atoms. The Morgan fingerprint density at radius 2 is 1.93 bits per heavy atom. The van der Waals surface area contributed by atoms with E-state index in [1.165, 1.54) is 0 Å². The van der Waals surface area contributed by atoms with Gasteiger partial charge in [0, 0.05) is 12.5 Å². The van der Waals surface area contributed by atoms with Gasteiger partial charge in [-0.2, -0.15) is 13.2 Å². The highest BCUT2D eigenvalue weighted by Gasteiger charge is 2.26. The molecule has 5 heteroatoms. The molecule has 0 saturated heterocycles. The maximum atomic E-state index is 11.8. The summed E-state index contributed by atoms with van der Waals surface area (Å²) in [7, 11) is 0. The third kappa shape index (κ3) is 9.80. The van der Waals surface area contributed by atoms with Crippen molar-refractivity contribution in [2.45, 2.75) is 44.8 Å². The molecule has 0 saturated carbocycles. The molecular formula is C9H19F3N2. The first-order chi connectivity index (χ1) is 6.45. The van der Waals surface area contributed by atoms with E-state index in [0.717, 1.165) is 13.0 Å². The summed E-state index contributed by atoms with van der Waals surface area (Å²) in [6.45, 7) is 3.29. The number of nitrogens with one attached hydrogen (secondary N) is 1. The summed E-state index contributed by atoms with van der Waals surface area (Å²) in [5.41, 5.74) is 5.28. The standard InChI is InChI=1S/C9H19F3N2/c1-8(14-7-3-6-13)4-2-5-9(10,11)12/h8,14H,2-7,13H2,1H3. The summed E-state index contributed by atoms with van der Waals surface area (Å²) in [6.07, 6.45) is -3.08. The number of nitrogens with two attached hydrogens (primary N) is 1. The minimum atomic E-state index is -4.02. The molecule has 0 aliphatic carbocycles. The molecule has 1 atom stereocenters. The molecule has 0 fully saturated rings. The summed E-state index contributed by atoms with van der Waals surface area (Å²) < 4.78 is 35.3. The van der Waals surface area contributed by atoms with Gasteiger partial charge in [-0.25, -0.2) is 0 Å². The van der Waals surface area contributed by atoms with Crippen molar-refractivity contribution in [2.24, 2.45) is 5.73 Å². The molecule has 0 aliphatic rings. The molecule has 0 bridgehead atoms. The lowest BCUT2D eigenvalue weighted by Crippen LogP contribution is -2.28. The molecule has 0 rings (SSSR count). The molecule has 0 heterocycles. The van der Waals surface area contributed by atoms with E-state index in [0.29, 0.717) is 13.0 Å². The van der Waals surface area contributed by atoms with Gasteiger partial charge in [-0.05, 0) is 39.3 Å². The average Bonchev–Trinajstić information content (AvgIpc) is 2.02. The predicted octanol–water partition coefficient (Wildman–Crippen LogP) is 2.05. The Morgan fingerprint density at radius 3 is 2.43 bits per heavy atom. The van der Waals surface area contributed by atoms with Gasteiger partial charge in [-0.1, -0.05) is 0 Å². The third-order valence-electron chi connectivity index (χ3n) is 1.97. The first-order valence-electron chi connectivity index (χ1n) is 4.96. The van der Waals surface area contributed by atoms with Gasteiger partial charge in [-0.15, -0.1) is 0 Å². The van der Waals surface area contributed by atoms with Crippen LogP contribution in [0.5, 0.6) is 0 Å². The molecule has 3 N–H and O–H groups in total. The molecule has 86 valence electrons. The van der Waals surface area contributed by atoms with Crippen molar-refractivity contribution in [1.29, 1.82) is 0 Å². The lowest BCUT2D eigenvalue weighted by molar-refractivity contribution is -0.135. The van der Waals surface area contributed by atoms with Crippen LogP contribution in [0, 0.1) is 0 Å².